The van der Waals surface area contributed by atoms with Crippen LogP contribution < -0.4 is 0 Å². The highest BCUT2D eigenvalue weighted by Crippen LogP contribution is 2.34. The van der Waals surface area contributed by atoms with Crippen LogP contribution in [0.3, 0.4) is 0 Å². The average Bonchev–Trinajstić information content (AvgIpc) is 2.24. The van der Waals surface area contributed by atoms with Crippen LogP contribution in [0.25, 0.3) is 0 Å². The fraction of sp³-hybridized carbons (Fsp3) is 0.714. The van der Waals surface area contributed by atoms with Crippen LogP contribution >= 0.6 is 0 Å². The van der Waals surface area contributed by atoms with Crippen molar-refractivity contribution in [3.8, 4) is 6.07 Å². The Bertz CT molecular complexity index is 414. The van der Waals surface area contributed by atoms with E-state index in [4.69, 9.17) is 10.00 Å². The van der Waals surface area contributed by atoms with Crippen LogP contribution in [0.15, 0.2) is 11.6 Å². The summed E-state index contributed by atoms with van der Waals surface area (Å²) in [5.41, 5.74) is 0.342. The van der Waals surface area contributed by atoms with Gasteiger partial charge in [0.05, 0.1) is 12.1 Å². The van der Waals surface area contributed by atoms with Gasteiger partial charge in [-0.25, -0.2) is 4.79 Å². The van der Waals surface area contributed by atoms with E-state index in [1.54, 1.807) is 0 Å². The fourth-order valence-corrected chi connectivity index (χ4v) is 2.71. The molecule has 0 radical (unpaired) electrons. The molecule has 4 heteroatoms. The molecule has 18 heavy (non-hydrogen) atoms. The molecule has 0 N–H and O–H groups in total. The molecular formula is C14H20N2O2. The van der Waals surface area contributed by atoms with Gasteiger partial charge in [-0.3, -0.25) is 4.90 Å². The number of carbonyl (C=O) groups is 1. The van der Waals surface area contributed by atoms with Gasteiger partial charge in [0.2, 0.25) is 0 Å². The number of fused-ring (bicyclic) bond motifs is 2. The zero-order valence-electron chi connectivity index (χ0n) is 11.3. The molecule has 2 rings (SSSR count). The molecule has 2 aliphatic rings. The van der Waals surface area contributed by atoms with Crippen molar-refractivity contribution in [2.45, 2.75) is 64.1 Å². The third kappa shape index (κ3) is 2.66. The number of piperidine rings is 1. The number of hydrogen-bond donors (Lipinski definition) is 0. The third-order valence-corrected chi connectivity index (χ3v) is 3.38. The second kappa shape index (κ2) is 4.64. The first-order chi connectivity index (χ1) is 8.40. The van der Waals surface area contributed by atoms with E-state index in [0.29, 0.717) is 6.42 Å². The Kier molecular flexibility index (Phi) is 3.34. The largest absolute Gasteiger partial charge is 0.444 e. The Hall–Kier alpha value is -1.50. The molecule has 0 aromatic carbocycles. The average molecular weight is 248 g/mol. The highest BCUT2D eigenvalue weighted by Gasteiger charge is 2.39. The van der Waals surface area contributed by atoms with Crippen molar-refractivity contribution in [2.75, 3.05) is 0 Å². The lowest BCUT2D eigenvalue weighted by Crippen LogP contribution is -2.53. The number of rotatable bonds is 0. The molecule has 2 unspecified atom stereocenters. The number of amides is 1. The second-order valence-corrected chi connectivity index (χ2v) is 6.05. The molecule has 2 atom stereocenters. The lowest BCUT2D eigenvalue weighted by atomic mass is 9.86. The Labute approximate surface area is 108 Å². The van der Waals surface area contributed by atoms with Crippen LogP contribution in [0.5, 0.6) is 0 Å². The molecule has 2 aliphatic heterocycles. The predicted molar refractivity (Wildman–Crippen MR) is 67.8 cm³/mol. The molecule has 2 heterocycles. The second-order valence-electron chi connectivity index (χ2n) is 6.05. The molecular weight excluding hydrogens is 228 g/mol. The summed E-state index contributed by atoms with van der Waals surface area (Å²) >= 11 is 0. The van der Waals surface area contributed by atoms with E-state index < -0.39 is 5.60 Å². The van der Waals surface area contributed by atoms with E-state index in [0.717, 1.165) is 24.8 Å². The molecule has 0 aromatic rings. The van der Waals surface area contributed by atoms with Gasteiger partial charge in [-0.05, 0) is 46.1 Å². The lowest BCUT2D eigenvalue weighted by Gasteiger charge is -2.44. The summed E-state index contributed by atoms with van der Waals surface area (Å²) in [4.78, 5) is 14.0. The molecule has 0 aromatic heterocycles. The highest BCUT2D eigenvalue weighted by atomic mass is 16.6. The van der Waals surface area contributed by atoms with E-state index >= 15 is 0 Å². The molecule has 0 spiro atoms. The summed E-state index contributed by atoms with van der Waals surface area (Å²) in [6.45, 7) is 5.63. The van der Waals surface area contributed by atoms with Gasteiger partial charge in [0.1, 0.15) is 5.60 Å². The Morgan fingerprint density at radius 1 is 1.50 bits per heavy atom. The van der Waals surface area contributed by atoms with E-state index in [1.165, 1.54) is 0 Å². The molecule has 4 nitrogen and oxygen atoms in total. The van der Waals surface area contributed by atoms with Crippen molar-refractivity contribution in [3.63, 3.8) is 0 Å². The molecule has 1 amide bonds. The van der Waals surface area contributed by atoms with Gasteiger partial charge in [0.15, 0.2) is 0 Å². The maximum absolute atomic E-state index is 12.2. The van der Waals surface area contributed by atoms with E-state index in [-0.39, 0.29) is 18.2 Å². The first-order valence-electron chi connectivity index (χ1n) is 6.53. The summed E-state index contributed by atoms with van der Waals surface area (Å²) in [7, 11) is 0. The van der Waals surface area contributed by atoms with E-state index in [2.05, 4.69) is 6.07 Å². The Balaban J connectivity index is 2.17. The van der Waals surface area contributed by atoms with Crippen LogP contribution in [0.2, 0.25) is 0 Å². The van der Waals surface area contributed by atoms with Crippen LogP contribution in [-0.2, 0) is 4.74 Å². The zero-order valence-corrected chi connectivity index (χ0v) is 11.3. The molecule has 1 fully saturated rings. The number of ether oxygens (including phenoxy) is 1. The van der Waals surface area contributed by atoms with Gasteiger partial charge in [0.25, 0.3) is 0 Å². The topological polar surface area (TPSA) is 53.3 Å². The normalized spacial score (nSPS) is 27.2. The fourth-order valence-electron chi connectivity index (χ4n) is 2.71. The van der Waals surface area contributed by atoms with Crippen molar-refractivity contribution in [2.24, 2.45) is 0 Å². The standard InChI is InChI=1S/C14H20N2O2/c1-14(2,3)18-13(17)16-11-5-4-6-12(16)8-10(7-11)9-15/h7,11-12H,4-6,8H2,1-3H3. The van der Waals surface area contributed by atoms with Crippen molar-refractivity contribution in [3.05, 3.63) is 11.6 Å². The smallest absolute Gasteiger partial charge is 0.411 e. The summed E-state index contributed by atoms with van der Waals surface area (Å²) in [6, 6.07) is 2.40. The Morgan fingerprint density at radius 3 is 2.78 bits per heavy atom. The highest BCUT2D eigenvalue weighted by molar-refractivity contribution is 5.70. The number of carbonyl (C=O) groups excluding carboxylic acids is 1. The van der Waals surface area contributed by atoms with Gasteiger partial charge in [-0.1, -0.05) is 0 Å². The molecule has 0 saturated carbocycles. The first kappa shape index (κ1) is 12.9. The van der Waals surface area contributed by atoms with E-state index in [1.807, 2.05) is 31.7 Å². The van der Waals surface area contributed by atoms with Gasteiger partial charge in [-0.2, -0.15) is 5.26 Å². The number of hydrogen-bond acceptors (Lipinski definition) is 3. The van der Waals surface area contributed by atoms with Crippen molar-refractivity contribution < 1.29 is 9.53 Å². The summed E-state index contributed by atoms with van der Waals surface area (Å²) in [5.74, 6) is 0. The number of nitrogens with zero attached hydrogens (tertiary/aromatic N) is 2. The maximum atomic E-state index is 12.2. The van der Waals surface area contributed by atoms with Crippen LogP contribution in [0, 0.1) is 11.3 Å². The van der Waals surface area contributed by atoms with Crippen molar-refractivity contribution in [1.29, 1.82) is 5.26 Å². The maximum Gasteiger partial charge on any atom is 0.411 e. The monoisotopic (exact) mass is 248 g/mol. The zero-order chi connectivity index (χ0) is 13.3. The Morgan fingerprint density at radius 2 is 2.22 bits per heavy atom. The van der Waals surface area contributed by atoms with Crippen LogP contribution in [0.4, 0.5) is 4.79 Å². The minimum Gasteiger partial charge on any atom is -0.444 e. The van der Waals surface area contributed by atoms with Crippen molar-refractivity contribution in [1.82, 2.24) is 4.90 Å². The summed E-state index contributed by atoms with van der Waals surface area (Å²) in [6.07, 6.45) is 5.37. The van der Waals surface area contributed by atoms with Gasteiger partial charge < -0.3 is 4.74 Å². The quantitative estimate of drug-likeness (QED) is 0.662. The van der Waals surface area contributed by atoms with Gasteiger partial charge in [0, 0.05) is 18.0 Å². The molecule has 98 valence electrons. The third-order valence-electron chi connectivity index (χ3n) is 3.38. The predicted octanol–water partition coefficient (Wildman–Crippen LogP) is 3.00. The van der Waals surface area contributed by atoms with Crippen LogP contribution in [-0.4, -0.2) is 28.7 Å². The minimum atomic E-state index is -0.468. The van der Waals surface area contributed by atoms with Gasteiger partial charge >= 0.3 is 6.09 Å². The molecule has 0 aliphatic carbocycles. The van der Waals surface area contributed by atoms with Gasteiger partial charge in [-0.15, -0.1) is 0 Å². The SMILES string of the molecule is CC(C)(C)OC(=O)N1C2C=C(C#N)CC1CCC2. The molecule has 1 saturated heterocycles. The molecule has 2 bridgehead atoms. The minimum absolute atomic E-state index is 0.0435. The number of nitriles is 1. The summed E-state index contributed by atoms with van der Waals surface area (Å²) in [5, 5.41) is 9.00. The van der Waals surface area contributed by atoms with Crippen molar-refractivity contribution >= 4 is 6.09 Å². The lowest BCUT2D eigenvalue weighted by molar-refractivity contribution is -0.00109. The summed E-state index contributed by atoms with van der Waals surface area (Å²) < 4.78 is 5.46. The van der Waals surface area contributed by atoms with Crippen LogP contribution in [0.1, 0.15) is 46.5 Å². The first-order valence-corrected chi connectivity index (χ1v) is 6.53. The van der Waals surface area contributed by atoms with E-state index in [9.17, 15) is 4.79 Å².